The fourth-order valence-corrected chi connectivity index (χ4v) is 4.25. The van der Waals surface area contributed by atoms with Gasteiger partial charge in [-0.25, -0.2) is 8.42 Å². The highest BCUT2D eigenvalue weighted by Crippen LogP contribution is 2.29. The minimum Gasteiger partial charge on any atom is -0.492 e. The molecule has 0 saturated heterocycles. The lowest BCUT2D eigenvalue weighted by Crippen LogP contribution is -2.16. The number of ether oxygens (including phenoxy) is 1. The molecule has 0 fully saturated rings. The molecule has 3 aromatic carbocycles. The first-order chi connectivity index (χ1) is 14.3. The highest BCUT2D eigenvalue weighted by atomic mass is 127. The summed E-state index contributed by atoms with van der Waals surface area (Å²) in [5, 5.41) is 3.13. The van der Waals surface area contributed by atoms with E-state index >= 15 is 0 Å². The summed E-state index contributed by atoms with van der Waals surface area (Å²) in [6.07, 6.45) is 0. The van der Waals surface area contributed by atoms with E-state index < -0.39 is 15.9 Å². The first-order valence-corrected chi connectivity index (χ1v) is 11.8. The Kier molecular flexibility index (Phi) is 7.22. The lowest BCUT2D eigenvalue weighted by Gasteiger charge is -2.14. The van der Waals surface area contributed by atoms with Crippen molar-refractivity contribution in [3.63, 3.8) is 0 Å². The number of halogens is 2. The molecule has 0 saturated carbocycles. The number of nitrogens with one attached hydrogen (secondary N) is 2. The normalized spacial score (nSPS) is 11.0. The summed E-state index contributed by atoms with van der Waals surface area (Å²) < 4.78 is 34.7. The second-order valence-corrected chi connectivity index (χ2v) is 9.53. The van der Waals surface area contributed by atoms with E-state index in [1.54, 1.807) is 49.4 Å². The predicted molar refractivity (Wildman–Crippen MR) is 127 cm³/mol. The molecule has 0 radical (unpaired) electrons. The van der Waals surface area contributed by atoms with E-state index in [-0.39, 0.29) is 10.6 Å². The van der Waals surface area contributed by atoms with Crippen LogP contribution in [0.3, 0.4) is 0 Å². The topological polar surface area (TPSA) is 84.5 Å². The largest absolute Gasteiger partial charge is 0.492 e. The van der Waals surface area contributed by atoms with Crippen molar-refractivity contribution in [3.05, 3.63) is 80.9 Å². The van der Waals surface area contributed by atoms with E-state index in [1.165, 1.54) is 24.3 Å². The zero-order valence-corrected chi connectivity index (χ0v) is 19.6. The maximum atomic E-state index is 12.8. The maximum absolute atomic E-state index is 12.8. The quantitative estimate of drug-likeness (QED) is 0.382. The molecule has 0 aliphatic rings. The Hall–Kier alpha value is -2.30. The van der Waals surface area contributed by atoms with Gasteiger partial charge >= 0.3 is 0 Å². The van der Waals surface area contributed by atoms with Crippen LogP contribution in [0.25, 0.3) is 0 Å². The lowest BCUT2D eigenvalue weighted by molar-refractivity contribution is 0.102. The Bertz CT molecular complexity index is 1170. The van der Waals surface area contributed by atoms with Crippen LogP contribution in [0, 0.1) is 3.57 Å². The fourth-order valence-electron chi connectivity index (χ4n) is 2.61. The Morgan fingerprint density at radius 1 is 1.07 bits per heavy atom. The van der Waals surface area contributed by atoms with E-state index in [1.807, 2.05) is 0 Å². The highest BCUT2D eigenvalue weighted by Gasteiger charge is 2.18. The van der Waals surface area contributed by atoms with Crippen molar-refractivity contribution in [2.45, 2.75) is 11.8 Å². The second-order valence-electron chi connectivity index (χ2n) is 6.17. The van der Waals surface area contributed by atoms with Gasteiger partial charge in [-0.05, 0) is 90.2 Å². The summed E-state index contributed by atoms with van der Waals surface area (Å²) in [6, 6.07) is 17.7. The van der Waals surface area contributed by atoms with Gasteiger partial charge < -0.3 is 10.1 Å². The molecular weight excluding hydrogens is 539 g/mol. The molecule has 0 spiro atoms. The Labute approximate surface area is 193 Å². The van der Waals surface area contributed by atoms with Crippen molar-refractivity contribution in [1.29, 1.82) is 0 Å². The van der Waals surface area contributed by atoms with Gasteiger partial charge in [0.2, 0.25) is 0 Å². The van der Waals surface area contributed by atoms with Gasteiger partial charge in [-0.2, -0.15) is 0 Å². The van der Waals surface area contributed by atoms with Crippen LogP contribution >= 0.6 is 34.2 Å². The number of hydrogen-bond acceptors (Lipinski definition) is 4. The zero-order valence-electron chi connectivity index (χ0n) is 15.9. The Morgan fingerprint density at radius 3 is 2.47 bits per heavy atom. The van der Waals surface area contributed by atoms with Crippen molar-refractivity contribution in [1.82, 2.24) is 0 Å². The number of sulfonamides is 1. The molecule has 1 amide bonds. The summed E-state index contributed by atoms with van der Waals surface area (Å²) in [7, 11) is -3.87. The van der Waals surface area contributed by atoms with Crippen LogP contribution in [-0.2, 0) is 10.0 Å². The molecular formula is C21H18ClIN2O4S. The number of carbonyl (C=O) groups is 1. The summed E-state index contributed by atoms with van der Waals surface area (Å²) in [5.41, 5.74) is 1.02. The molecule has 3 aromatic rings. The van der Waals surface area contributed by atoms with Gasteiger partial charge in [0.1, 0.15) is 5.75 Å². The van der Waals surface area contributed by atoms with Crippen molar-refractivity contribution in [2.24, 2.45) is 0 Å². The lowest BCUT2D eigenvalue weighted by atomic mass is 10.2. The van der Waals surface area contributed by atoms with E-state index in [0.29, 0.717) is 28.6 Å². The molecule has 0 bridgehead atoms. The molecule has 0 unspecified atom stereocenters. The van der Waals surface area contributed by atoms with Gasteiger partial charge in [-0.1, -0.05) is 17.7 Å². The Balaban J connectivity index is 1.91. The van der Waals surface area contributed by atoms with Gasteiger partial charge in [0.15, 0.2) is 0 Å². The third-order valence-electron chi connectivity index (χ3n) is 3.99. The third kappa shape index (κ3) is 5.65. The van der Waals surface area contributed by atoms with Crippen molar-refractivity contribution in [3.8, 4) is 5.75 Å². The maximum Gasteiger partial charge on any atom is 0.261 e. The fraction of sp³-hybridized carbons (Fsp3) is 0.0952. The van der Waals surface area contributed by atoms with Crippen molar-refractivity contribution in [2.75, 3.05) is 16.6 Å². The third-order valence-corrected chi connectivity index (χ3v) is 6.33. The van der Waals surface area contributed by atoms with Crippen LogP contribution in [0.5, 0.6) is 5.75 Å². The van der Waals surface area contributed by atoms with Gasteiger partial charge in [-0.3, -0.25) is 9.52 Å². The molecule has 3 rings (SSSR count). The zero-order chi connectivity index (χ0) is 21.7. The van der Waals surface area contributed by atoms with Crippen LogP contribution < -0.4 is 14.8 Å². The number of rotatable bonds is 7. The molecule has 30 heavy (non-hydrogen) atoms. The minimum atomic E-state index is -3.87. The van der Waals surface area contributed by atoms with Crippen LogP contribution in [0.1, 0.15) is 17.3 Å². The molecule has 0 atom stereocenters. The summed E-state index contributed by atoms with van der Waals surface area (Å²) >= 11 is 8.09. The molecule has 2 N–H and O–H groups in total. The van der Waals surface area contributed by atoms with Gasteiger partial charge in [0, 0.05) is 19.8 Å². The number of benzene rings is 3. The average molecular weight is 557 g/mol. The van der Waals surface area contributed by atoms with Gasteiger partial charge in [0.25, 0.3) is 15.9 Å². The van der Waals surface area contributed by atoms with Crippen LogP contribution in [-0.4, -0.2) is 20.9 Å². The molecule has 156 valence electrons. The summed E-state index contributed by atoms with van der Waals surface area (Å²) in [6.45, 7) is 2.15. The predicted octanol–water partition coefficient (Wildman–Crippen LogP) is 5.40. The number of carbonyl (C=O) groups excluding carboxylic acids is 1. The molecule has 0 heterocycles. The number of amides is 1. The van der Waals surface area contributed by atoms with E-state index in [0.717, 1.165) is 3.57 Å². The molecule has 9 heteroatoms. The Morgan fingerprint density at radius 2 is 1.80 bits per heavy atom. The SMILES string of the molecule is CCOc1ccc(S(=O)(=O)Nc2ccc(I)cc2)cc1NC(=O)c1cccc(Cl)c1. The van der Waals surface area contributed by atoms with Crippen LogP contribution in [0.15, 0.2) is 71.6 Å². The van der Waals surface area contributed by atoms with Crippen molar-refractivity contribution < 1.29 is 17.9 Å². The highest BCUT2D eigenvalue weighted by molar-refractivity contribution is 14.1. The van der Waals surface area contributed by atoms with Crippen molar-refractivity contribution >= 4 is 61.5 Å². The van der Waals surface area contributed by atoms with E-state index in [9.17, 15) is 13.2 Å². The first-order valence-electron chi connectivity index (χ1n) is 8.90. The van der Waals surface area contributed by atoms with Crippen LogP contribution in [0.2, 0.25) is 5.02 Å². The summed E-state index contributed by atoms with van der Waals surface area (Å²) in [4.78, 5) is 12.6. The van der Waals surface area contributed by atoms with E-state index in [2.05, 4.69) is 32.6 Å². The minimum absolute atomic E-state index is 0.00843. The number of anilines is 2. The second kappa shape index (κ2) is 9.67. The monoisotopic (exact) mass is 556 g/mol. The van der Waals surface area contributed by atoms with Crippen LogP contribution in [0.4, 0.5) is 11.4 Å². The average Bonchev–Trinajstić information content (AvgIpc) is 2.71. The first kappa shape index (κ1) is 22.4. The molecule has 0 aliphatic carbocycles. The smallest absolute Gasteiger partial charge is 0.261 e. The van der Waals surface area contributed by atoms with E-state index in [4.69, 9.17) is 16.3 Å². The van der Waals surface area contributed by atoms with Gasteiger partial charge in [-0.15, -0.1) is 0 Å². The summed E-state index contributed by atoms with van der Waals surface area (Å²) in [5.74, 6) is -0.0697. The standard InChI is InChI=1S/C21H18ClIN2O4S/c1-2-29-20-11-10-18(30(27,28)25-17-8-6-16(23)7-9-17)13-19(20)24-21(26)14-4-3-5-15(22)12-14/h3-13,25H,2H2,1H3,(H,24,26). The molecule has 0 aromatic heterocycles. The molecule has 0 aliphatic heterocycles. The van der Waals surface area contributed by atoms with Gasteiger partial charge in [0.05, 0.1) is 17.2 Å². The molecule has 6 nitrogen and oxygen atoms in total. The number of hydrogen-bond donors (Lipinski definition) is 2.